The number of nitrogens with one attached hydrogen (secondary N) is 1. The highest BCUT2D eigenvalue weighted by atomic mass is 16.3. The summed E-state index contributed by atoms with van der Waals surface area (Å²) in [6.45, 7) is 15.3. The first-order valence-corrected chi connectivity index (χ1v) is 16.3. The van der Waals surface area contributed by atoms with Gasteiger partial charge in [0.1, 0.15) is 17.4 Å². The summed E-state index contributed by atoms with van der Waals surface area (Å²) in [6, 6.07) is 3.83. The molecule has 2 N–H and O–H groups in total. The average Bonchev–Trinajstić information content (AvgIpc) is 3.50. The van der Waals surface area contributed by atoms with Crippen LogP contribution in [0.15, 0.2) is 35.6 Å². The molecule has 0 bridgehead atoms. The normalized spacial score (nSPS) is 44.2. The number of nitriles is 1. The van der Waals surface area contributed by atoms with Gasteiger partial charge in [0.15, 0.2) is 11.6 Å². The zero-order chi connectivity index (χ0) is 32.3. The first-order valence-electron chi connectivity index (χ1n) is 16.3. The molecular weight excluding hydrogens is 552 g/mol. The molecule has 5 aliphatic rings. The van der Waals surface area contributed by atoms with E-state index in [0.29, 0.717) is 18.7 Å². The van der Waals surface area contributed by atoms with Gasteiger partial charge < -0.3 is 10.0 Å². The van der Waals surface area contributed by atoms with Crippen molar-refractivity contribution >= 4 is 17.5 Å². The average molecular weight is 601 g/mol. The van der Waals surface area contributed by atoms with E-state index in [-0.39, 0.29) is 45.7 Å². The molecule has 8 heteroatoms. The Hall–Kier alpha value is -3.05. The summed E-state index contributed by atoms with van der Waals surface area (Å²) in [7, 11) is 1.81. The maximum atomic E-state index is 14.7. The van der Waals surface area contributed by atoms with Crippen LogP contribution in [-0.4, -0.2) is 56.9 Å². The third kappa shape index (κ3) is 3.71. The number of allylic oxidation sites excluding steroid dienone is 3. The van der Waals surface area contributed by atoms with Crippen LogP contribution in [0, 0.1) is 55.7 Å². The van der Waals surface area contributed by atoms with E-state index in [1.54, 1.807) is 23.2 Å². The number of hydrogen-bond donors (Lipinski definition) is 2. The second kappa shape index (κ2) is 9.25. The number of hydrogen-bond acceptors (Lipinski definition) is 6. The van der Waals surface area contributed by atoms with Crippen molar-refractivity contribution in [2.24, 2.45) is 44.3 Å². The molecule has 236 valence electrons. The van der Waals surface area contributed by atoms with Crippen LogP contribution in [0.5, 0.6) is 0 Å². The van der Waals surface area contributed by atoms with Crippen LogP contribution in [0.25, 0.3) is 0 Å². The second-order valence-electron chi connectivity index (χ2n) is 16.8. The summed E-state index contributed by atoms with van der Waals surface area (Å²) < 4.78 is 0. The molecule has 0 aromatic carbocycles. The minimum Gasteiger partial charge on any atom is -0.381 e. The molecule has 3 saturated carbocycles. The van der Waals surface area contributed by atoms with E-state index in [9.17, 15) is 24.8 Å². The summed E-state index contributed by atoms with van der Waals surface area (Å²) in [4.78, 5) is 42.8. The SMILES string of the molecule is CN(C[C@@]1(C)CC[C@]2(C)CC[C@@]3(C)[C@]4(C)CC[C@H]5C(C)(C)C(=O)C(C#N)=C[C@]5(C)C4=CC(=O)[C@]3(O)[C@@H]2C1)C(=O)c1ccn[nH]1. The second-order valence-corrected chi connectivity index (χ2v) is 16.8. The number of carbonyl (C=O) groups is 3. The third-order valence-corrected chi connectivity index (χ3v) is 14.0. The number of aromatic amines is 1. The summed E-state index contributed by atoms with van der Waals surface area (Å²) in [5, 5.41) is 29.8. The molecule has 1 aromatic rings. The van der Waals surface area contributed by atoms with Crippen molar-refractivity contribution < 1.29 is 19.5 Å². The largest absolute Gasteiger partial charge is 0.381 e. The zero-order valence-corrected chi connectivity index (χ0v) is 27.6. The van der Waals surface area contributed by atoms with Gasteiger partial charge in [0, 0.05) is 42.0 Å². The van der Waals surface area contributed by atoms with E-state index in [2.05, 4.69) is 50.9 Å². The lowest BCUT2D eigenvalue weighted by Crippen LogP contribution is -2.74. The van der Waals surface area contributed by atoms with E-state index < -0.39 is 27.3 Å². The molecule has 3 fully saturated rings. The maximum absolute atomic E-state index is 14.7. The van der Waals surface area contributed by atoms with Crippen molar-refractivity contribution in [2.75, 3.05) is 13.6 Å². The standard InChI is InChI=1S/C36H48N4O4/c1-30(2)24-9-11-34(6)25(33(24,5)18-22(20-37)28(30)42)17-27(41)36(44)26-19-31(3,12-13-32(26,4)14-15-35(34,36)7)21-40(8)29(43)23-10-16-38-39-23/h10,16-18,24,26,44H,9,11-15,19,21H2,1-8H3,(H,38,39)/t24-,26+,31-,32+,33-,34+,35-,36+/m0/s1. The van der Waals surface area contributed by atoms with E-state index in [4.69, 9.17) is 0 Å². The summed E-state index contributed by atoms with van der Waals surface area (Å²) >= 11 is 0. The minimum absolute atomic E-state index is 0.0451. The van der Waals surface area contributed by atoms with E-state index in [0.717, 1.165) is 44.1 Å². The molecule has 0 aliphatic heterocycles. The van der Waals surface area contributed by atoms with Gasteiger partial charge in [0.25, 0.3) is 5.91 Å². The molecule has 8 atom stereocenters. The molecule has 8 nitrogen and oxygen atoms in total. The number of aliphatic hydroxyl groups is 1. The monoisotopic (exact) mass is 600 g/mol. The lowest BCUT2D eigenvalue weighted by Gasteiger charge is -2.71. The van der Waals surface area contributed by atoms with Crippen LogP contribution in [0.1, 0.15) is 104 Å². The highest BCUT2D eigenvalue weighted by Crippen LogP contribution is 2.75. The Bertz CT molecular complexity index is 1550. The molecular formula is C36H48N4O4. The van der Waals surface area contributed by atoms with E-state index in [1.807, 2.05) is 27.0 Å². The number of nitrogens with zero attached hydrogens (tertiary/aromatic N) is 3. The summed E-state index contributed by atoms with van der Waals surface area (Å²) in [5.74, 6) is -0.802. The predicted octanol–water partition coefficient (Wildman–Crippen LogP) is 5.82. The summed E-state index contributed by atoms with van der Waals surface area (Å²) in [5.41, 5.74) is -3.09. The fourth-order valence-corrected chi connectivity index (χ4v) is 11.2. The smallest absolute Gasteiger partial charge is 0.271 e. The molecule has 1 heterocycles. The van der Waals surface area contributed by atoms with Crippen LogP contribution in [0.3, 0.4) is 0 Å². The number of aromatic nitrogens is 2. The Kier molecular flexibility index (Phi) is 6.51. The molecule has 0 spiro atoms. The van der Waals surface area contributed by atoms with Crippen LogP contribution < -0.4 is 0 Å². The van der Waals surface area contributed by atoms with Gasteiger partial charge in [-0.05, 0) is 84.8 Å². The molecule has 6 rings (SSSR count). The van der Waals surface area contributed by atoms with Crippen molar-refractivity contribution in [3.05, 3.63) is 41.3 Å². The molecule has 0 radical (unpaired) electrons. The summed E-state index contributed by atoms with van der Waals surface area (Å²) in [6.07, 6.45) is 10.7. The number of ketones is 2. The van der Waals surface area contributed by atoms with Crippen molar-refractivity contribution in [1.29, 1.82) is 5.26 Å². The molecule has 1 aromatic heterocycles. The van der Waals surface area contributed by atoms with Gasteiger partial charge in [0.2, 0.25) is 0 Å². The molecule has 1 amide bonds. The number of amides is 1. The van der Waals surface area contributed by atoms with Crippen molar-refractivity contribution in [2.45, 2.75) is 99.0 Å². The van der Waals surface area contributed by atoms with Crippen molar-refractivity contribution in [1.82, 2.24) is 15.1 Å². The number of H-pyrrole nitrogens is 1. The lowest BCUT2D eigenvalue weighted by molar-refractivity contribution is -0.243. The van der Waals surface area contributed by atoms with Gasteiger partial charge in [-0.15, -0.1) is 0 Å². The van der Waals surface area contributed by atoms with E-state index >= 15 is 0 Å². The van der Waals surface area contributed by atoms with Gasteiger partial charge in [-0.3, -0.25) is 19.5 Å². The Morgan fingerprint density at radius 3 is 2.39 bits per heavy atom. The topological polar surface area (TPSA) is 127 Å². The predicted molar refractivity (Wildman–Crippen MR) is 166 cm³/mol. The lowest BCUT2D eigenvalue weighted by atomic mass is 9.33. The first-order chi connectivity index (χ1) is 20.3. The van der Waals surface area contributed by atoms with Crippen LogP contribution in [0.4, 0.5) is 0 Å². The van der Waals surface area contributed by atoms with Gasteiger partial charge in [-0.2, -0.15) is 10.4 Å². The number of carbonyl (C=O) groups excluding carboxylic acids is 3. The molecule has 0 saturated heterocycles. The molecule has 44 heavy (non-hydrogen) atoms. The third-order valence-electron chi connectivity index (χ3n) is 14.0. The Morgan fingerprint density at radius 2 is 1.75 bits per heavy atom. The fraction of sp³-hybridized carbons (Fsp3) is 0.694. The van der Waals surface area contributed by atoms with Crippen molar-refractivity contribution in [3.63, 3.8) is 0 Å². The number of Topliss-reactive ketones (excluding diaryl/α,β-unsaturated/α-hetero) is 1. The van der Waals surface area contributed by atoms with Crippen molar-refractivity contribution in [3.8, 4) is 6.07 Å². The highest BCUT2D eigenvalue weighted by molar-refractivity contribution is 6.05. The first kappa shape index (κ1) is 31.0. The quantitative estimate of drug-likeness (QED) is 0.450. The minimum atomic E-state index is -1.57. The fourth-order valence-electron chi connectivity index (χ4n) is 11.2. The van der Waals surface area contributed by atoms with Gasteiger partial charge in [0.05, 0.1) is 5.57 Å². The molecule has 5 aliphatic carbocycles. The zero-order valence-electron chi connectivity index (χ0n) is 27.6. The Morgan fingerprint density at radius 1 is 1.07 bits per heavy atom. The highest BCUT2D eigenvalue weighted by Gasteiger charge is 2.75. The number of fused-ring (bicyclic) bond motifs is 7. The van der Waals surface area contributed by atoms with Crippen LogP contribution >= 0.6 is 0 Å². The van der Waals surface area contributed by atoms with Gasteiger partial charge >= 0.3 is 0 Å². The van der Waals surface area contributed by atoms with Crippen LogP contribution in [-0.2, 0) is 9.59 Å². The van der Waals surface area contributed by atoms with Gasteiger partial charge in [-0.1, -0.05) is 54.5 Å². The maximum Gasteiger partial charge on any atom is 0.271 e. The molecule has 0 unspecified atom stereocenters. The van der Waals surface area contributed by atoms with E-state index in [1.165, 1.54) is 0 Å². The van der Waals surface area contributed by atoms with Crippen LogP contribution in [0.2, 0.25) is 0 Å². The Balaban J connectivity index is 1.42. The number of rotatable bonds is 3. The van der Waals surface area contributed by atoms with Gasteiger partial charge in [-0.25, -0.2) is 0 Å². The Labute approximate surface area is 261 Å².